The molecule has 0 saturated carbocycles. The summed E-state index contributed by atoms with van der Waals surface area (Å²) >= 11 is 0. The lowest BCUT2D eigenvalue weighted by atomic mass is 9.94. The first-order valence-corrected chi connectivity index (χ1v) is 29.6. The van der Waals surface area contributed by atoms with Crippen LogP contribution < -0.4 is 47.7 Å². The summed E-state index contributed by atoms with van der Waals surface area (Å²) in [6.45, 7) is 24.6. The number of guanidine groups is 1. The molecule has 2 fully saturated rings. The van der Waals surface area contributed by atoms with Crippen LogP contribution in [-0.2, 0) is 57.0 Å². The number of nitrogens with one attached hydrogen (secondary N) is 7. The molecule has 2 heterocycles. The molecule has 2 aliphatic heterocycles. The third-order valence-electron chi connectivity index (χ3n) is 12.2. The second-order valence-corrected chi connectivity index (χ2v) is 25.1. The zero-order chi connectivity index (χ0) is 68.0. The lowest BCUT2D eigenvalue weighted by Crippen LogP contribution is -2.70. The van der Waals surface area contributed by atoms with Crippen LogP contribution in [0, 0.1) is 0 Å². The Hall–Kier alpha value is -8.93. The number of amides is 9. The second kappa shape index (κ2) is 33.8. The van der Waals surface area contributed by atoms with Crippen molar-refractivity contribution in [3.63, 3.8) is 0 Å². The van der Waals surface area contributed by atoms with Gasteiger partial charge in [-0.2, -0.15) is 0 Å². The fourth-order valence-corrected chi connectivity index (χ4v) is 8.69. The van der Waals surface area contributed by atoms with Gasteiger partial charge in [-0.1, -0.05) is 30.3 Å². The van der Waals surface area contributed by atoms with Gasteiger partial charge in [0.25, 0.3) is 0 Å². The van der Waals surface area contributed by atoms with Gasteiger partial charge in [-0.15, -0.1) is 0 Å². The molecule has 0 aliphatic carbocycles. The van der Waals surface area contributed by atoms with Crippen molar-refractivity contribution >= 4 is 72.3 Å². The SMILES string of the molecule is CC(=O)O[C@@H]1[C@@H](NC(N)=O)[C@H](NC(=O)N[C@H]2[C@@H](OC(=O)c3ccccc3)[C@@H](N=C(NC(=O)OC(C)(C)C)NC(=O)OC(C)(C)C)[C@@H](Oc3ccc(/C=C\C(=O)NCCCN(CCCCNC(=O)OC(C)(C)C)C(=O)OC(C)(C)C)cc3)O[C@@H]2C)OC[C@H]1OC(C)=O. The van der Waals surface area contributed by atoms with Crippen LogP contribution in [0.5, 0.6) is 5.75 Å². The molecular formula is C61H90N10O20. The van der Waals surface area contributed by atoms with E-state index in [1.165, 1.54) is 37.3 Å². The number of urea groups is 2. The fraction of sp³-hybridized carbons (Fsp3) is 0.590. The van der Waals surface area contributed by atoms with E-state index in [0.717, 1.165) is 13.8 Å². The van der Waals surface area contributed by atoms with E-state index < -0.39 is 150 Å². The number of ether oxygens (including phenoxy) is 10. The van der Waals surface area contributed by atoms with E-state index in [4.69, 9.17) is 53.1 Å². The predicted molar refractivity (Wildman–Crippen MR) is 328 cm³/mol. The molecule has 4 rings (SSSR count). The topological polar surface area (TPSA) is 389 Å². The molecule has 0 aromatic heterocycles. The average molecular weight is 1280 g/mol. The minimum Gasteiger partial charge on any atom is -0.462 e. The van der Waals surface area contributed by atoms with Crippen molar-refractivity contribution in [2.45, 2.75) is 201 Å². The normalized spacial score (nSPS) is 20.8. The van der Waals surface area contributed by atoms with E-state index in [-0.39, 0.29) is 24.4 Å². The van der Waals surface area contributed by atoms with E-state index in [0.29, 0.717) is 37.9 Å². The molecule has 504 valence electrons. The number of aliphatic imine (C=N–C) groups is 1. The van der Waals surface area contributed by atoms with Gasteiger partial charge in [0.1, 0.15) is 34.2 Å². The van der Waals surface area contributed by atoms with Crippen LogP contribution in [0.1, 0.15) is 139 Å². The number of hydrogen-bond acceptors (Lipinski definition) is 21. The van der Waals surface area contributed by atoms with Crippen molar-refractivity contribution in [1.82, 2.24) is 42.1 Å². The summed E-state index contributed by atoms with van der Waals surface area (Å²) in [6.07, 6.45) is -7.51. The molecule has 91 heavy (non-hydrogen) atoms. The molecule has 0 unspecified atom stereocenters. The van der Waals surface area contributed by atoms with Gasteiger partial charge >= 0.3 is 54.3 Å². The van der Waals surface area contributed by atoms with Crippen molar-refractivity contribution in [3.8, 4) is 5.75 Å². The Morgan fingerprint density at radius 1 is 0.637 bits per heavy atom. The monoisotopic (exact) mass is 1280 g/mol. The third kappa shape index (κ3) is 28.2. The molecule has 0 bridgehead atoms. The van der Waals surface area contributed by atoms with Gasteiger partial charge in [-0.25, -0.2) is 38.6 Å². The maximum atomic E-state index is 14.4. The highest BCUT2D eigenvalue weighted by Crippen LogP contribution is 2.31. The smallest absolute Gasteiger partial charge is 0.414 e. The molecule has 2 aliphatic rings. The number of esters is 3. The summed E-state index contributed by atoms with van der Waals surface area (Å²) in [5.74, 6) is -3.47. The molecule has 30 nitrogen and oxygen atoms in total. The van der Waals surface area contributed by atoms with Gasteiger partial charge in [0.15, 0.2) is 30.6 Å². The van der Waals surface area contributed by atoms with Crippen molar-refractivity contribution in [1.29, 1.82) is 0 Å². The highest BCUT2D eigenvalue weighted by atomic mass is 16.7. The van der Waals surface area contributed by atoms with Gasteiger partial charge in [-0.3, -0.25) is 25.0 Å². The van der Waals surface area contributed by atoms with Crippen LogP contribution in [0.4, 0.5) is 28.8 Å². The molecular weight excluding hydrogens is 1190 g/mol. The first-order chi connectivity index (χ1) is 42.3. The molecule has 2 aromatic carbocycles. The summed E-state index contributed by atoms with van der Waals surface area (Å²) in [5, 5.41) is 18.0. The van der Waals surface area contributed by atoms with Crippen molar-refractivity contribution in [3.05, 3.63) is 71.8 Å². The molecule has 0 radical (unpaired) electrons. The van der Waals surface area contributed by atoms with E-state index in [9.17, 15) is 47.9 Å². The Bertz CT molecular complexity index is 2850. The van der Waals surface area contributed by atoms with Gasteiger partial charge < -0.3 is 84.6 Å². The first kappa shape index (κ1) is 74.5. The summed E-state index contributed by atoms with van der Waals surface area (Å²) in [7, 11) is 0. The van der Waals surface area contributed by atoms with Crippen LogP contribution >= 0.6 is 0 Å². The summed E-state index contributed by atoms with van der Waals surface area (Å²) in [4.78, 5) is 137. The maximum Gasteiger partial charge on any atom is 0.414 e. The van der Waals surface area contributed by atoms with Crippen molar-refractivity contribution in [2.24, 2.45) is 10.7 Å². The molecule has 0 spiro atoms. The van der Waals surface area contributed by atoms with Crippen molar-refractivity contribution < 1.29 is 95.3 Å². The summed E-state index contributed by atoms with van der Waals surface area (Å²) in [6, 6.07) is 7.29. The van der Waals surface area contributed by atoms with Gasteiger partial charge in [0.05, 0.1) is 24.3 Å². The molecule has 2 aromatic rings. The quantitative estimate of drug-likeness (QED) is 0.0183. The summed E-state index contributed by atoms with van der Waals surface area (Å²) < 4.78 is 57.7. The lowest BCUT2D eigenvalue weighted by molar-refractivity contribution is -0.196. The standard InChI is InChI=1S/C61H90N10O20/c1-35-43(67-53(77)68-48-44(65-51(62)76)46(85-37(3)73)41(34-82-48)84-36(2)72)47(87-49(75)39-22-17-16-18-23-39)45(66-52(69-55(79)89-59(7,8)9)70-56(80)90-60(10,11)12)50(83-35)86-40-27-24-38(25-28-40)26-29-42(74)63-31-21-33-71(57(81)91-61(13,14)15)32-20-19-30-64-54(78)88-58(4,5)6/h16-18,22-29,35,41,43-48,50H,19-21,30-34H2,1-15H3,(H,63,74)(H,64,78)(H3,62,65,76)(H2,67,68,77)(H2,66,69,70,79,80)/b29-26-/t35-,41-,43-,44-,45-,46+,47-,48-,50-/m1/s1. The molecule has 2 saturated heterocycles. The molecule has 30 heteroatoms. The van der Waals surface area contributed by atoms with Gasteiger partial charge in [0, 0.05) is 46.1 Å². The largest absolute Gasteiger partial charge is 0.462 e. The number of rotatable bonds is 21. The minimum absolute atomic E-state index is 0.0515. The molecule has 9 atom stereocenters. The van der Waals surface area contributed by atoms with Gasteiger partial charge in [0.2, 0.25) is 18.2 Å². The number of benzene rings is 2. The van der Waals surface area contributed by atoms with E-state index >= 15 is 0 Å². The van der Waals surface area contributed by atoms with E-state index in [1.807, 2.05) is 0 Å². The second-order valence-electron chi connectivity index (χ2n) is 25.1. The number of primary amides is 1. The Labute approximate surface area is 529 Å². The number of unbranched alkanes of at least 4 members (excludes halogenated alkanes) is 1. The van der Waals surface area contributed by atoms with Crippen LogP contribution in [0.25, 0.3) is 6.08 Å². The Balaban J connectivity index is 1.66. The van der Waals surface area contributed by atoms with Crippen LogP contribution in [0.3, 0.4) is 0 Å². The first-order valence-electron chi connectivity index (χ1n) is 29.6. The molecule has 9 N–H and O–H groups in total. The van der Waals surface area contributed by atoms with E-state index in [2.05, 4.69) is 42.2 Å². The number of hydrogen-bond donors (Lipinski definition) is 8. The predicted octanol–water partition coefficient (Wildman–Crippen LogP) is 5.80. The number of nitrogens with zero attached hydrogens (tertiary/aromatic N) is 2. The number of carbonyl (C=O) groups is 10. The Morgan fingerprint density at radius 3 is 1.76 bits per heavy atom. The zero-order valence-electron chi connectivity index (χ0n) is 54.3. The highest BCUT2D eigenvalue weighted by Gasteiger charge is 2.51. The van der Waals surface area contributed by atoms with E-state index in [1.54, 1.807) is 124 Å². The average Bonchev–Trinajstić information content (AvgIpc) is 0.847. The lowest BCUT2D eigenvalue weighted by Gasteiger charge is -2.44. The third-order valence-corrected chi connectivity index (χ3v) is 12.2. The van der Waals surface area contributed by atoms with Gasteiger partial charge in [-0.05, 0) is 145 Å². The zero-order valence-corrected chi connectivity index (χ0v) is 54.3. The number of carbonyl (C=O) groups excluding carboxylic acids is 10. The maximum absolute atomic E-state index is 14.4. The van der Waals surface area contributed by atoms with Crippen LogP contribution in [0.15, 0.2) is 65.7 Å². The Kier molecular flexibility index (Phi) is 27.7. The van der Waals surface area contributed by atoms with Crippen molar-refractivity contribution in [2.75, 3.05) is 32.8 Å². The number of alkyl carbamates (subject to hydrolysis) is 3. The number of nitrogens with two attached hydrogens (primary N) is 1. The molecule has 9 amide bonds. The highest BCUT2D eigenvalue weighted by molar-refractivity contribution is 6.01. The minimum atomic E-state index is -1.66. The van der Waals surface area contributed by atoms with Crippen LogP contribution in [-0.4, -0.2) is 181 Å². The summed E-state index contributed by atoms with van der Waals surface area (Å²) in [5.41, 5.74) is 2.59. The van der Waals surface area contributed by atoms with Crippen LogP contribution in [0.2, 0.25) is 0 Å². The fourth-order valence-electron chi connectivity index (χ4n) is 8.69. The Morgan fingerprint density at radius 2 is 1.20 bits per heavy atom.